The number of hydrogen-bond acceptors (Lipinski definition) is 6. The first-order chi connectivity index (χ1) is 16.2. The molecule has 0 radical (unpaired) electrons. The maximum Gasteiger partial charge on any atom is 0.277 e. The van der Waals surface area contributed by atoms with Crippen LogP contribution in [0.3, 0.4) is 0 Å². The van der Waals surface area contributed by atoms with Crippen molar-refractivity contribution in [2.75, 3.05) is 13.2 Å². The third-order valence-electron chi connectivity index (χ3n) is 4.89. The van der Waals surface area contributed by atoms with E-state index < -0.39 is 11.8 Å². The zero-order valence-corrected chi connectivity index (χ0v) is 20.7. The fourth-order valence-corrected chi connectivity index (χ4v) is 3.12. The minimum Gasteiger partial charge on any atom is -0.483 e. The Morgan fingerprint density at radius 2 is 1.15 bits per heavy atom. The number of ether oxygens (including phenoxy) is 2. The quantitative estimate of drug-likeness (QED) is 0.383. The highest BCUT2D eigenvalue weighted by Crippen LogP contribution is 2.28. The molecule has 2 aromatic rings. The normalized spacial score (nSPS) is 11.4. The van der Waals surface area contributed by atoms with Crippen LogP contribution >= 0.6 is 0 Å². The molecule has 0 spiro atoms. The van der Waals surface area contributed by atoms with E-state index in [2.05, 4.69) is 48.7 Å². The molecule has 0 aliphatic rings. The van der Waals surface area contributed by atoms with Gasteiger partial charge in [-0.15, -0.1) is 0 Å². The van der Waals surface area contributed by atoms with Gasteiger partial charge in [0.05, 0.1) is 12.4 Å². The fraction of sp³-hybridized carbons (Fsp3) is 0.385. The van der Waals surface area contributed by atoms with Crippen LogP contribution in [0.25, 0.3) is 0 Å². The molecule has 8 nitrogen and oxygen atoms in total. The predicted octanol–water partition coefficient (Wildman–Crippen LogP) is 4.21. The summed E-state index contributed by atoms with van der Waals surface area (Å²) < 4.78 is 11.3. The number of carbonyl (C=O) groups is 2. The smallest absolute Gasteiger partial charge is 0.277 e. The molecular weight excluding hydrogens is 432 g/mol. The Bertz CT molecular complexity index is 962. The molecule has 0 unspecified atom stereocenters. The first-order valence-corrected chi connectivity index (χ1v) is 11.3. The Balaban J connectivity index is 1.73. The van der Waals surface area contributed by atoms with Crippen LogP contribution in [0.2, 0.25) is 0 Å². The molecule has 0 aromatic heterocycles. The third-order valence-corrected chi connectivity index (χ3v) is 4.89. The van der Waals surface area contributed by atoms with E-state index in [0.29, 0.717) is 11.5 Å². The van der Waals surface area contributed by atoms with Crippen LogP contribution in [0.4, 0.5) is 0 Å². The summed E-state index contributed by atoms with van der Waals surface area (Å²) in [4.78, 5) is 23.9. The van der Waals surface area contributed by atoms with E-state index in [9.17, 15) is 9.59 Å². The molecule has 0 atom stereocenters. The fourth-order valence-electron chi connectivity index (χ4n) is 3.12. The number of carbonyl (C=O) groups excluding carboxylic acids is 2. The number of nitrogens with zero attached hydrogens (tertiary/aromatic N) is 2. The first-order valence-electron chi connectivity index (χ1n) is 11.3. The van der Waals surface area contributed by atoms with E-state index in [-0.39, 0.29) is 25.0 Å². The average molecular weight is 467 g/mol. The van der Waals surface area contributed by atoms with Gasteiger partial charge in [-0.25, -0.2) is 10.9 Å². The second kappa shape index (κ2) is 13.1. The lowest BCUT2D eigenvalue weighted by molar-refractivity contribution is -0.123. The second-order valence-electron chi connectivity index (χ2n) is 8.60. The molecule has 182 valence electrons. The molecule has 2 amide bonds. The van der Waals surface area contributed by atoms with Crippen molar-refractivity contribution >= 4 is 24.2 Å². The molecule has 34 heavy (non-hydrogen) atoms. The minimum atomic E-state index is -0.405. The average Bonchev–Trinajstić information content (AvgIpc) is 2.78. The Kier molecular flexibility index (Phi) is 10.3. The van der Waals surface area contributed by atoms with Crippen molar-refractivity contribution in [1.29, 1.82) is 0 Å². The molecule has 0 heterocycles. The van der Waals surface area contributed by atoms with Crippen LogP contribution in [0.5, 0.6) is 11.5 Å². The first kappa shape index (κ1) is 26.6. The third kappa shape index (κ3) is 8.69. The van der Waals surface area contributed by atoms with Gasteiger partial charge in [0.25, 0.3) is 11.8 Å². The van der Waals surface area contributed by atoms with Gasteiger partial charge in [-0.2, -0.15) is 10.2 Å². The highest BCUT2D eigenvalue weighted by Gasteiger charge is 2.11. The lowest BCUT2D eigenvalue weighted by Crippen LogP contribution is -2.26. The molecule has 0 aliphatic carbocycles. The molecule has 0 bridgehead atoms. The zero-order valence-electron chi connectivity index (χ0n) is 20.7. The van der Waals surface area contributed by atoms with Crippen molar-refractivity contribution in [2.45, 2.75) is 53.4 Å². The van der Waals surface area contributed by atoms with E-state index in [1.54, 1.807) is 0 Å². The standard InChI is InChI=1S/C26H34N4O4/c1-17(2)21-9-7-19(5)13-23(21)33-15-25(31)29-27-11-12-28-30-26(32)16-34-24-14-20(6)8-10-22(24)18(3)4/h7-14,17-18H,15-16H2,1-6H3,(H,29,31)(H,30,32)/b27-11+,28-12+. The van der Waals surface area contributed by atoms with Crippen molar-refractivity contribution in [3.8, 4) is 11.5 Å². The number of aryl methyl sites for hydroxylation is 2. The van der Waals surface area contributed by atoms with Gasteiger partial charge in [-0.1, -0.05) is 52.0 Å². The number of benzene rings is 2. The molecular formula is C26H34N4O4. The monoisotopic (exact) mass is 466 g/mol. The number of rotatable bonds is 11. The van der Waals surface area contributed by atoms with Gasteiger partial charge in [0.1, 0.15) is 11.5 Å². The molecule has 8 heteroatoms. The summed E-state index contributed by atoms with van der Waals surface area (Å²) in [5.74, 6) is 1.12. The summed E-state index contributed by atoms with van der Waals surface area (Å²) >= 11 is 0. The van der Waals surface area contributed by atoms with Gasteiger partial charge in [0.2, 0.25) is 0 Å². The molecule has 2 aromatic carbocycles. The van der Waals surface area contributed by atoms with Crippen LogP contribution in [0.15, 0.2) is 46.6 Å². The molecule has 2 N–H and O–H groups in total. The minimum absolute atomic E-state index is 0.164. The van der Waals surface area contributed by atoms with Gasteiger partial charge in [-0.3, -0.25) is 9.59 Å². The second-order valence-corrected chi connectivity index (χ2v) is 8.60. The lowest BCUT2D eigenvalue weighted by atomic mass is 10.0. The van der Waals surface area contributed by atoms with Gasteiger partial charge < -0.3 is 9.47 Å². The number of hydrazone groups is 2. The summed E-state index contributed by atoms with van der Waals surface area (Å²) in [7, 11) is 0. The zero-order chi connectivity index (χ0) is 25.1. The van der Waals surface area contributed by atoms with Crippen LogP contribution in [0.1, 0.15) is 61.8 Å². The van der Waals surface area contributed by atoms with Crippen molar-refractivity contribution in [1.82, 2.24) is 10.9 Å². The predicted molar refractivity (Wildman–Crippen MR) is 135 cm³/mol. The lowest BCUT2D eigenvalue weighted by Gasteiger charge is -2.14. The van der Waals surface area contributed by atoms with Crippen LogP contribution < -0.4 is 20.3 Å². The van der Waals surface area contributed by atoms with Gasteiger partial charge in [0.15, 0.2) is 13.2 Å². The molecule has 0 saturated carbocycles. The molecule has 0 saturated heterocycles. The summed E-state index contributed by atoms with van der Waals surface area (Å²) in [5, 5.41) is 7.51. The largest absolute Gasteiger partial charge is 0.483 e. The Morgan fingerprint density at radius 3 is 1.50 bits per heavy atom. The van der Waals surface area contributed by atoms with E-state index in [1.807, 2.05) is 50.2 Å². The maximum absolute atomic E-state index is 12.0. The van der Waals surface area contributed by atoms with E-state index in [0.717, 1.165) is 22.3 Å². The Morgan fingerprint density at radius 1 is 0.765 bits per heavy atom. The SMILES string of the molecule is Cc1ccc(C(C)C)c(OCC(=O)N/N=C/C=N/NC(=O)COc2cc(C)ccc2C(C)C)c1. The summed E-state index contributed by atoms with van der Waals surface area (Å²) in [6.07, 6.45) is 2.51. The van der Waals surface area contributed by atoms with Gasteiger partial charge >= 0.3 is 0 Å². The number of amides is 2. The van der Waals surface area contributed by atoms with E-state index in [4.69, 9.17) is 9.47 Å². The number of nitrogens with one attached hydrogen (secondary N) is 2. The molecule has 0 fully saturated rings. The highest BCUT2D eigenvalue weighted by atomic mass is 16.5. The van der Waals surface area contributed by atoms with E-state index in [1.165, 1.54) is 12.4 Å². The van der Waals surface area contributed by atoms with Crippen molar-refractivity contribution in [3.63, 3.8) is 0 Å². The number of hydrogen-bond donors (Lipinski definition) is 2. The van der Waals surface area contributed by atoms with Gasteiger partial charge in [-0.05, 0) is 60.1 Å². The summed E-state index contributed by atoms with van der Waals surface area (Å²) in [6, 6.07) is 11.9. The van der Waals surface area contributed by atoms with Gasteiger partial charge in [0, 0.05) is 0 Å². The molecule has 0 aliphatic heterocycles. The van der Waals surface area contributed by atoms with Crippen molar-refractivity contribution < 1.29 is 19.1 Å². The van der Waals surface area contributed by atoms with Crippen LogP contribution in [-0.4, -0.2) is 37.5 Å². The Hall–Kier alpha value is -3.68. The molecule has 2 rings (SSSR count). The Labute approximate surface area is 201 Å². The van der Waals surface area contributed by atoms with Crippen molar-refractivity contribution in [3.05, 3.63) is 58.7 Å². The van der Waals surface area contributed by atoms with Crippen LogP contribution in [-0.2, 0) is 9.59 Å². The van der Waals surface area contributed by atoms with E-state index >= 15 is 0 Å². The topological polar surface area (TPSA) is 101 Å². The van der Waals surface area contributed by atoms with Crippen LogP contribution in [0, 0.1) is 13.8 Å². The highest BCUT2D eigenvalue weighted by molar-refractivity contribution is 6.16. The summed E-state index contributed by atoms with van der Waals surface area (Å²) in [6.45, 7) is 11.9. The summed E-state index contributed by atoms with van der Waals surface area (Å²) in [5.41, 5.74) is 8.89. The van der Waals surface area contributed by atoms with Crippen molar-refractivity contribution in [2.24, 2.45) is 10.2 Å². The maximum atomic E-state index is 12.0.